The van der Waals surface area contributed by atoms with Gasteiger partial charge in [0, 0.05) is 50.0 Å². The van der Waals surface area contributed by atoms with E-state index in [2.05, 4.69) is 39.5 Å². The highest BCUT2D eigenvalue weighted by atomic mass is 16.5. The number of nitrogens with two attached hydrogens (primary N) is 1. The number of benzene rings is 3. The van der Waals surface area contributed by atoms with Gasteiger partial charge in [0.15, 0.2) is 0 Å². The first-order valence-electron chi connectivity index (χ1n) is 13.6. The van der Waals surface area contributed by atoms with E-state index in [9.17, 15) is 9.90 Å². The third-order valence-corrected chi connectivity index (χ3v) is 7.14. The van der Waals surface area contributed by atoms with Gasteiger partial charge >= 0.3 is 5.97 Å². The molecule has 1 fully saturated rings. The summed E-state index contributed by atoms with van der Waals surface area (Å²) in [6.07, 6.45) is 2.76. The number of morpholine rings is 1. The van der Waals surface area contributed by atoms with E-state index in [4.69, 9.17) is 15.5 Å². The maximum Gasteiger partial charge on any atom is 0.321 e. The minimum atomic E-state index is -0.864. The number of aliphatic carboxylic acids is 1. The van der Waals surface area contributed by atoms with E-state index in [1.54, 1.807) is 6.20 Å². The molecule has 0 aliphatic carbocycles. The molecular weight excluding hydrogens is 502 g/mol. The molecule has 1 aliphatic heterocycles. The van der Waals surface area contributed by atoms with Crippen LogP contribution in [0.5, 0.6) is 0 Å². The lowest BCUT2D eigenvalue weighted by Crippen LogP contribution is -2.40. The number of hydrogen-bond acceptors (Lipinski definition) is 7. The van der Waals surface area contributed by atoms with Crippen LogP contribution in [0.25, 0.3) is 11.3 Å². The van der Waals surface area contributed by atoms with Crippen LogP contribution in [0.4, 0.5) is 5.69 Å². The second-order valence-corrected chi connectivity index (χ2v) is 9.96. The molecule has 1 atom stereocenters. The Morgan fingerprint density at radius 2 is 1.77 bits per heavy atom. The SMILES string of the molecule is NCc1cccc(-c2ccnc(Cc3ccc(N4CCOCC4)c(CNC(Cc4ccccc4)C(=O)O)c3)n2)c1. The van der Waals surface area contributed by atoms with E-state index in [0.29, 0.717) is 39.1 Å². The molecule has 8 nitrogen and oxygen atoms in total. The molecule has 4 N–H and O–H groups in total. The molecule has 0 radical (unpaired) electrons. The Bertz CT molecular complexity index is 1420. The van der Waals surface area contributed by atoms with Gasteiger partial charge in [0.25, 0.3) is 0 Å². The smallest absolute Gasteiger partial charge is 0.321 e. The van der Waals surface area contributed by atoms with Gasteiger partial charge in [0.05, 0.1) is 18.9 Å². The molecule has 8 heteroatoms. The van der Waals surface area contributed by atoms with Crippen molar-refractivity contribution >= 4 is 11.7 Å². The Labute approximate surface area is 234 Å². The van der Waals surface area contributed by atoms with Crippen molar-refractivity contribution in [3.63, 3.8) is 0 Å². The monoisotopic (exact) mass is 537 g/mol. The summed E-state index contributed by atoms with van der Waals surface area (Å²) < 4.78 is 5.56. The summed E-state index contributed by atoms with van der Waals surface area (Å²) in [4.78, 5) is 23.8. The second-order valence-electron chi connectivity index (χ2n) is 9.96. The van der Waals surface area contributed by atoms with Crippen molar-refractivity contribution in [3.05, 3.63) is 113 Å². The molecule has 0 amide bonds. The number of nitrogens with one attached hydrogen (secondary N) is 1. The highest BCUT2D eigenvalue weighted by Gasteiger charge is 2.20. The van der Waals surface area contributed by atoms with E-state index >= 15 is 0 Å². The molecule has 3 aromatic carbocycles. The lowest BCUT2D eigenvalue weighted by atomic mass is 10.0. The van der Waals surface area contributed by atoms with E-state index in [0.717, 1.165) is 58.1 Å². The maximum atomic E-state index is 12.1. The summed E-state index contributed by atoms with van der Waals surface area (Å²) in [5, 5.41) is 13.2. The standard InChI is InChI=1S/C32H35N5O3/c33-21-25-7-4-8-26(18-25)28-11-12-34-31(36-28)20-24-9-10-30(37-13-15-40-16-14-37)27(17-24)22-35-29(32(38)39)19-23-5-2-1-3-6-23/h1-12,17-18,29,35H,13-16,19-22,33H2,(H,38,39). The first-order chi connectivity index (χ1) is 19.6. The summed E-state index contributed by atoms with van der Waals surface area (Å²) in [5.74, 6) is -0.141. The Morgan fingerprint density at radius 1 is 0.975 bits per heavy atom. The zero-order valence-corrected chi connectivity index (χ0v) is 22.5. The zero-order chi connectivity index (χ0) is 27.7. The summed E-state index contributed by atoms with van der Waals surface area (Å²) in [6, 6.07) is 25.4. The molecule has 2 heterocycles. The van der Waals surface area contributed by atoms with Gasteiger partial charge in [-0.25, -0.2) is 9.97 Å². The van der Waals surface area contributed by atoms with Crippen molar-refractivity contribution in [1.29, 1.82) is 0 Å². The fraction of sp³-hybridized carbons (Fsp3) is 0.281. The van der Waals surface area contributed by atoms with Gasteiger partial charge in [-0.15, -0.1) is 0 Å². The lowest BCUT2D eigenvalue weighted by molar-refractivity contribution is -0.139. The Balaban J connectivity index is 1.37. The van der Waals surface area contributed by atoms with Gasteiger partial charge in [-0.2, -0.15) is 0 Å². The van der Waals surface area contributed by atoms with E-state index in [1.807, 2.05) is 54.6 Å². The van der Waals surface area contributed by atoms with E-state index in [1.165, 1.54) is 0 Å². The average molecular weight is 538 g/mol. The fourth-order valence-electron chi connectivity index (χ4n) is 5.02. The number of carboxylic acids is 1. The van der Waals surface area contributed by atoms with E-state index in [-0.39, 0.29) is 0 Å². The van der Waals surface area contributed by atoms with Crippen LogP contribution in [0, 0.1) is 0 Å². The van der Waals surface area contributed by atoms with Crippen LogP contribution in [0.15, 0.2) is 85.1 Å². The molecule has 0 saturated carbocycles. The zero-order valence-electron chi connectivity index (χ0n) is 22.5. The van der Waals surface area contributed by atoms with Gasteiger partial charge in [0.1, 0.15) is 11.9 Å². The molecule has 5 rings (SSSR count). The van der Waals surface area contributed by atoms with Crippen LogP contribution < -0.4 is 16.0 Å². The molecular formula is C32H35N5O3. The van der Waals surface area contributed by atoms with Crippen molar-refractivity contribution in [1.82, 2.24) is 15.3 Å². The van der Waals surface area contributed by atoms with Gasteiger partial charge < -0.3 is 20.5 Å². The lowest BCUT2D eigenvalue weighted by Gasteiger charge is -2.31. The maximum absolute atomic E-state index is 12.1. The molecule has 0 spiro atoms. The van der Waals surface area contributed by atoms with E-state index < -0.39 is 12.0 Å². The largest absolute Gasteiger partial charge is 0.480 e. The third-order valence-electron chi connectivity index (χ3n) is 7.14. The van der Waals surface area contributed by atoms with Crippen LogP contribution in [0.2, 0.25) is 0 Å². The Kier molecular flexibility index (Phi) is 9.13. The second kappa shape index (κ2) is 13.3. The molecule has 1 aromatic heterocycles. The number of anilines is 1. The fourth-order valence-corrected chi connectivity index (χ4v) is 5.02. The molecule has 1 unspecified atom stereocenters. The molecule has 0 bridgehead atoms. The first-order valence-corrected chi connectivity index (χ1v) is 13.6. The van der Waals surface area contributed by atoms with Crippen LogP contribution in [-0.2, 0) is 35.5 Å². The molecule has 1 aliphatic rings. The molecule has 40 heavy (non-hydrogen) atoms. The Morgan fingerprint density at radius 3 is 2.55 bits per heavy atom. The van der Waals surface area contributed by atoms with Crippen LogP contribution in [-0.4, -0.2) is 53.4 Å². The summed E-state index contributed by atoms with van der Waals surface area (Å²) in [5.41, 5.74) is 12.9. The quantitative estimate of drug-likeness (QED) is 0.265. The number of rotatable bonds is 11. The summed E-state index contributed by atoms with van der Waals surface area (Å²) in [7, 11) is 0. The number of ether oxygens (including phenoxy) is 1. The number of carboxylic acid groups (broad SMARTS) is 1. The number of nitrogens with zero attached hydrogens (tertiary/aromatic N) is 3. The van der Waals surface area contributed by atoms with Crippen molar-refractivity contribution < 1.29 is 14.6 Å². The summed E-state index contributed by atoms with van der Waals surface area (Å²) in [6.45, 7) is 3.85. The van der Waals surface area contributed by atoms with Gasteiger partial charge in [-0.3, -0.25) is 10.1 Å². The van der Waals surface area contributed by atoms with Crippen LogP contribution >= 0.6 is 0 Å². The number of aromatic nitrogens is 2. The minimum absolute atomic E-state index is 0.411. The third kappa shape index (κ3) is 7.09. The normalized spacial score (nSPS) is 14.2. The van der Waals surface area contributed by atoms with Crippen molar-refractivity contribution in [2.75, 3.05) is 31.2 Å². The predicted octanol–water partition coefficient (Wildman–Crippen LogP) is 3.82. The molecule has 1 saturated heterocycles. The van der Waals surface area contributed by atoms with Crippen molar-refractivity contribution in [2.45, 2.75) is 32.0 Å². The predicted molar refractivity (Wildman–Crippen MR) is 156 cm³/mol. The Hall–Kier alpha value is -4.11. The topological polar surface area (TPSA) is 114 Å². The highest BCUT2D eigenvalue weighted by Crippen LogP contribution is 2.25. The van der Waals surface area contributed by atoms with Crippen molar-refractivity contribution in [2.24, 2.45) is 5.73 Å². The number of carbonyl (C=O) groups is 1. The average Bonchev–Trinajstić information content (AvgIpc) is 3.00. The van der Waals surface area contributed by atoms with Gasteiger partial charge in [0.2, 0.25) is 0 Å². The minimum Gasteiger partial charge on any atom is -0.480 e. The van der Waals surface area contributed by atoms with Crippen LogP contribution in [0.1, 0.15) is 28.1 Å². The number of hydrogen-bond donors (Lipinski definition) is 3. The van der Waals surface area contributed by atoms with Gasteiger partial charge in [-0.1, -0.05) is 60.7 Å². The molecule has 4 aromatic rings. The van der Waals surface area contributed by atoms with Crippen molar-refractivity contribution in [3.8, 4) is 11.3 Å². The molecule has 206 valence electrons. The van der Waals surface area contributed by atoms with Gasteiger partial charge in [-0.05, 0) is 46.9 Å². The first kappa shape index (κ1) is 27.5. The highest BCUT2D eigenvalue weighted by molar-refractivity contribution is 5.74. The van der Waals surface area contributed by atoms with Crippen LogP contribution in [0.3, 0.4) is 0 Å². The summed E-state index contributed by atoms with van der Waals surface area (Å²) >= 11 is 0.